The molecular weight excluding hydrogens is 376 g/mol. The monoisotopic (exact) mass is 398 g/mol. The van der Waals surface area contributed by atoms with Gasteiger partial charge in [-0.2, -0.15) is 0 Å². The average Bonchev–Trinajstić information content (AvgIpc) is 3.41. The Hall–Kier alpha value is -2.78. The Morgan fingerprint density at radius 2 is 2.03 bits per heavy atom. The number of fused-ring (bicyclic) bond motifs is 4. The fraction of sp³-hybridized carbons (Fsp3) is 0.500. The second kappa shape index (κ2) is 6.36. The first-order chi connectivity index (χ1) is 13.9. The maximum Gasteiger partial charge on any atom is 0.250 e. The maximum absolute atomic E-state index is 13.4. The third-order valence-corrected chi connectivity index (χ3v) is 6.55. The number of benzene rings is 1. The molecule has 0 unspecified atom stereocenters. The number of amides is 4. The number of ether oxygens (including phenoxy) is 1. The molecule has 1 aromatic carbocycles. The van der Waals surface area contributed by atoms with E-state index in [-0.39, 0.29) is 30.9 Å². The lowest BCUT2D eigenvalue weighted by Crippen LogP contribution is -2.54. The lowest BCUT2D eigenvalue weighted by atomic mass is 9.76. The first kappa shape index (κ1) is 18.3. The van der Waals surface area contributed by atoms with Gasteiger partial charge in [-0.15, -0.1) is 0 Å². The molecular formula is C20H22N4O5. The number of carbonyl (C=O) groups excluding carboxylic acids is 4. The molecule has 4 aliphatic rings. The van der Waals surface area contributed by atoms with Crippen molar-refractivity contribution in [1.82, 2.24) is 10.2 Å². The summed E-state index contributed by atoms with van der Waals surface area (Å²) in [6.45, 7) is 0.784. The van der Waals surface area contributed by atoms with Crippen molar-refractivity contribution in [1.29, 1.82) is 0 Å². The van der Waals surface area contributed by atoms with Crippen LogP contribution in [0.1, 0.15) is 24.8 Å². The van der Waals surface area contributed by atoms with Crippen LogP contribution in [0.25, 0.3) is 0 Å². The van der Waals surface area contributed by atoms with Gasteiger partial charge in [-0.1, -0.05) is 18.2 Å². The summed E-state index contributed by atoms with van der Waals surface area (Å²) in [5.41, 5.74) is 5.24. The van der Waals surface area contributed by atoms with E-state index in [0.717, 1.165) is 12.8 Å². The van der Waals surface area contributed by atoms with Crippen molar-refractivity contribution in [3.05, 3.63) is 29.8 Å². The number of nitrogens with two attached hydrogens (primary N) is 1. The summed E-state index contributed by atoms with van der Waals surface area (Å²) in [7, 11) is 0. The molecule has 1 spiro atoms. The van der Waals surface area contributed by atoms with Crippen LogP contribution in [-0.4, -0.2) is 53.8 Å². The molecule has 4 heterocycles. The highest BCUT2D eigenvalue weighted by atomic mass is 16.5. The smallest absolute Gasteiger partial charge is 0.250 e. The van der Waals surface area contributed by atoms with E-state index in [4.69, 9.17) is 10.5 Å². The lowest BCUT2D eigenvalue weighted by molar-refractivity contribution is -0.144. The highest BCUT2D eigenvalue weighted by Gasteiger charge is 2.70. The predicted molar refractivity (Wildman–Crippen MR) is 100 cm³/mol. The molecule has 0 bridgehead atoms. The molecule has 5 atom stereocenters. The minimum Gasteiger partial charge on any atom is -0.376 e. The van der Waals surface area contributed by atoms with Crippen LogP contribution in [0.5, 0.6) is 0 Å². The van der Waals surface area contributed by atoms with E-state index in [9.17, 15) is 19.2 Å². The first-order valence-corrected chi connectivity index (χ1v) is 9.87. The molecule has 0 aromatic heterocycles. The number of hydrogen-bond donors (Lipinski definition) is 3. The van der Waals surface area contributed by atoms with Crippen LogP contribution in [0, 0.1) is 11.8 Å². The van der Waals surface area contributed by atoms with Crippen LogP contribution in [-0.2, 0) is 29.5 Å². The average molecular weight is 398 g/mol. The number of para-hydroxylation sites is 1. The Kier molecular flexibility index (Phi) is 4.01. The Labute approximate surface area is 166 Å². The Balaban J connectivity index is 1.58. The number of anilines is 1. The lowest BCUT2D eigenvalue weighted by Gasteiger charge is -2.29. The van der Waals surface area contributed by atoms with Gasteiger partial charge in [0, 0.05) is 30.3 Å². The number of nitrogens with one attached hydrogen (secondary N) is 2. The molecule has 29 heavy (non-hydrogen) atoms. The molecule has 4 amide bonds. The van der Waals surface area contributed by atoms with Gasteiger partial charge in [-0.25, -0.2) is 0 Å². The standard InChI is InChI=1S/C20H22N4O5/c21-14(25)8-13-15-16(18(27)24(17(15)26)9-10-4-3-7-29-10)20(23-13)11-5-1-2-6-12(11)22-19(20)28/h1-2,5-6,10,13,15-16,23H,3-4,7-9H2,(H2,21,25)(H,22,28)/t10-,13+,15+,16+,20+/m1/s1. The molecule has 3 saturated heterocycles. The van der Waals surface area contributed by atoms with Crippen molar-refractivity contribution in [2.24, 2.45) is 17.6 Å². The molecule has 0 radical (unpaired) electrons. The number of likely N-dealkylation sites (tertiary alicyclic amines) is 1. The highest BCUT2D eigenvalue weighted by molar-refractivity contribution is 6.15. The third kappa shape index (κ3) is 2.47. The minimum absolute atomic E-state index is 0.134. The van der Waals surface area contributed by atoms with E-state index < -0.39 is 35.2 Å². The van der Waals surface area contributed by atoms with Crippen molar-refractivity contribution in [3.8, 4) is 0 Å². The second-order valence-corrected chi connectivity index (χ2v) is 8.15. The summed E-state index contributed by atoms with van der Waals surface area (Å²) in [6.07, 6.45) is 1.35. The number of primary amides is 1. The zero-order chi connectivity index (χ0) is 20.3. The van der Waals surface area contributed by atoms with Gasteiger partial charge < -0.3 is 15.8 Å². The largest absolute Gasteiger partial charge is 0.376 e. The molecule has 0 aliphatic carbocycles. The van der Waals surface area contributed by atoms with Crippen LogP contribution >= 0.6 is 0 Å². The van der Waals surface area contributed by atoms with E-state index in [0.29, 0.717) is 17.9 Å². The van der Waals surface area contributed by atoms with Crippen molar-refractivity contribution < 1.29 is 23.9 Å². The second-order valence-electron chi connectivity index (χ2n) is 8.15. The first-order valence-electron chi connectivity index (χ1n) is 9.87. The zero-order valence-corrected chi connectivity index (χ0v) is 15.7. The summed E-state index contributed by atoms with van der Waals surface area (Å²) in [5.74, 6) is -3.51. The molecule has 3 fully saturated rings. The van der Waals surface area contributed by atoms with Crippen LogP contribution < -0.4 is 16.4 Å². The molecule has 152 valence electrons. The third-order valence-electron chi connectivity index (χ3n) is 6.55. The van der Waals surface area contributed by atoms with Gasteiger partial charge in [0.15, 0.2) is 0 Å². The summed E-state index contributed by atoms with van der Waals surface area (Å²) >= 11 is 0. The Morgan fingerprint density at radius 3 is 2.76 bits per heavy atom. The number of hydrogen-bond acceptors (Lipinski definition) is 6. The number of rotatable bonds is 4. The molecule has 9 heteroatoms. The molecule has 4 aliphatic heterocycles. The molecule has 5 rings (SSSR count). The van der Waals surface area contributed by atoms with E-state index in [1.807, 2.05) is 0 Å². The van der Waals surface area contributed by atoms with Crippen LogP contribution in [0.2, 0.25) is 0 Å². The highest BCUT2D eigenvalue weighted by Crippen LogP contribution is 2.53. The van der Waals surface area contributed by atoms with Gasteiger partial charge in [0.25, 0.3) is 0 Å². The van der Waals surface area contributed by atoms with Crippen LogP contribution in [0.3, 0.4) is 0 Å². The van der Waals surface area contributed by atoms with Crippen molar-refractivity contribution in [3.63, 3.8) is 0 Å². The molecule has 9 nitrogen and oxygen atoms in total. The molecule has 4 N–H and O–H groups in total. The maximum atomic E-state index is 13.4. The normalized spacial score (nSPS) is 35.3. The SMILES string of the molecule is NC(=O)C[C@@H]1N[C@]2(C(=O)Nc3ccccc32)[C@@H]2C(=O)N(C[C@H]3CCCO3)C(=O)[C@@H]12. The fourth-order valence-corrected chi connectivity index (χ4v) is 5.38. The van der Waals surface area contributed by atoms with Gasteiger partial charge >= 0.3 is 0 Å². The molecule has 1 aromatic rings. The Morgan fingerprint density at radius 1 is 1.24 bits per heavy atom. The zero-order valence-electron chi connectivity index (χ0n) is 15.7. The van der Waals surface area contributed by atoms with Crippen molar-refractivity contribution in [2.45, 2.75) is 36.9 Å². The number of carbonyl (C=O) groups is 4. The van der Waals surface area contributed by atoms with Gasteiger partial charge in [0.1, 0.15) is 5.54 Å². The quantitative estimate of drug-likeness (QED) is 0.584. The topological polar surface area (TPSA) is 131 Å². The van der Waals surface area contributed by atoms with E-state index in [2.05, 4.69) is 10.6 Å². The number of imide groups is 1. The van der Waals surface area contributed by atoms with Crippen molar-refractivity contribution in [2.75, 3.05) is 18.5 Å². The Bertz CT molecular complexity index is 927. The summed E-state index contributed by atoms with van der Waals surface area (Å²) in [6, 6.07) is 6.40. The van der Waals surface area contributed by atoms with Gasteiger partial charge in [0.05, 0.1) is 24.5 Å². The van der Waals surface area contributed by atoms with E-state index >= 15 is 0 Å². The minimum atomic E-state index is -1.39. The van der Waals surface area contributed by atoms with Crippen LogP contribution in [0.4, 0.5) is 5.69 Å². The summed E-state index contributed by atoms with van der Waals surface area (Å²) < 4.78 is 5.60. The van der Waals surface area contributed by atoms with E-state index in [1.54, 1.807) is 24.3 Å². The molecule has 0 saturated carbocycles. The van der Waals surface area contributed by atoms with Crippen LogP contribution in [0.15, 0.2) is 24.3 Å². The van der Waals surface area contributed by atoms with Gasteiger partial charge in [-0.05, 0) is 18.9 Å². The van der Waals surface area contributed by atoms with E-state index in [1.165, 1.54) is 4.90 Å². The van der Waals surface area contributed by atoms with Gasteiger partial charge in [-0.3, -0.25) is 29.4 Å². The van der Waals surface area contributed by atoms with Crippen molar-refractivity contribution >= 4 is 29.3 Å². The number of nitrogens with zero attached hydrogens (tertiary/aromatic N) is 1. The summed E-state index contributed by atoms with van der Waals surface area (Å²) in [5, 5.41) is 5.98. The van der Waals surface area contributed by atoms with Gasteiger partial charge in [0.2, 0.25) is 23.6 Å². The fourth-order valence-electron chi connectivity index (χ4n) is 5.38. The predicted octanol–water partition coefficient (Wildman–Crippen LogP) is -0.539. The summed E-state index contributed by atoms with van der Waals surface area (Å²) in [4.78, 5) is 52.7.